The highest BCUT2D eigenvalue weighted by molar-refractivity contribution is 5.97. The van der Waals surface area contributed by atoms with Crippen LogP contribution in [0.2, 0.25) is 0 Å². The normalized spacial score (nSPS) is 17.2. The maximum Gasteiger partial charge on any atom is 0.254 e. The fourth-order valence-electron chi connectivity index (χ4n) is 3.48. The molecule has 0 saturated carbocycles. The molecule has 3 rings (SSSR count). The summed E-state index contributed by atoms with van der Waals surface area (Å²) in [7, 11) is 0. The molecule has 0 aliphatic carbocycles. The molecule has 1 atom stereocenters. The summed E-state index contributed by atoms with van der Waals surface area (Å²) < 4.78 is 5.15. The summed E-state index contributed by atoms with van der Waals surface area (Å²) in [4.78, 5) is 27.2. The molecule has 2 heterocycles. The minimum atomic E-state index is -0.402. The van der Waals surface area contributed by atoms with Crippen LogP contribution in [0.1, 0.15) is 46.6 Å². The van der Waals surface area contributed by atoms with Crippen LogP contribution in [-0.4, -0.2) is 41.0 Å². The lowest BCUT2D eigenvalue weighted by atomic mass is 10.00. The summed E-state index contributed by atoms with van der Waals surface area (Å²) in [6.07, 6.45) is 3.27. The average Bonchev–Trinajstić information content (AvgIpc) is 3.00. The van der Waals surface area contributed by atoms with Crippen molar-refractivity contribution in [2.75, 3.05) is 13.1 Å². The van der Waals surface area contributed by atoms with Crippen LogP contribution in [-0.2, 0) is 11.2 Å². The monoisotopic (exact) mass is 355 g/mol. The van der Waals surface area contributed by atoms with E-state index < -0.39 is 6.04 Å². The Hall–Kier alpha value is -2.63. The Labute approximate surface area is 153 Å². The molecule has 1 aliphatic heterocycles. The second-order valence-corrected chi connectivity index (χ2v) is 6.72. The van der Waals surface area contributed by atoms with Crippen molar-refractivity contribution < 1.29 is 14.1 Å². The Bertz CT molecular complexity index is 750. The maximum atomic E-state index is 12.8. The highest BCUT2D eigenvalue weighted by Gasteiger charge is 2.32. The number of likely N-dealkylation sites (tertiary alicyclic amines) is 1. The van der Waals surface area contributed by atoms with Gasteiger partial charge in [-0.15, -0.1) is 0 Å². The van der Waals surface area contributed by atoms with Crippen molar-refractivity contribution >= 4 is 11.8 Å². The van der Waals surface area contributed by atoms with Crippen molar-refractivity contribution in [1.29, 1.82) is 0 Å². The fraction of sp³-hybridized carbons (Fsp3) is 0.450. The number of benzene rings is 1. The molecule has 1 aromatic carbocycles. The topological polar surface area (TPSA) is 75.4 Å². The molecule has 6 heteroatoms. The summed E-state index contributed by atoms with van der Waals surface area (Å²) in [5.41, 5.74) is 2.52. The number of nitrogens with zero attached hydrogens (tertiary/aromatic N) is 2. The van der Waals surface area contributed by atoms with Crippen LogP contribution in [0.3, 0.4) is 0 Å². The van der Waals surface area contributed by atoms with Crippen LogP contribution in [0, 0.1) is 13.8 Å². The minimum absolute atomic E-state index is 0.0730. The summed E-state index contributed by atoms with van der Waals surface area (Å²) >= 11 is 0. The molecule has 1 N–H and O–H groups in total. The maximum absolute atomic E-state index is 12.8. The third-order valence-electron chi connectivity index (χ3n) is 4.94. The molecule has 0 spiro atoms. The van der Waals surface area contributed by atoms with Gasteiger partial charge in [-0.1, -0.05) is 23.4 Å². The fourth-order valence-corrected chi connectivity index (χ4v) is 3.48. The van der Waals surface area contributed by atoms with Gasteiger partial charge >= 0.3 is 0 Å². The molecule has 0 bridgehead atoms. The number of nitrogens with one attached hydrogen (secondary N) is 1. The average molecular weight is 355 g/mol. The standard InChI is InChI=1S/C20H25N3O3/c1-14-17(15(2)26-22-14)11-12-21-19(24)18-10-6-7-13-23(18)20(25)16-8-4-3-5-9-16/h3-5,8-9,18H,6-7,10-13H2,1-2H3,(H,21,24). The molecule has 1 fully saturated rings. The van der Waals surface area contributed by atoms with Gasteiger partial charge in [0.2, 0.25) is 5.91 Å². The van der Waals surface area contributed by atoms with Gasteiger partial charge in [-0.3, -0.25) is 9.59 Å². The lowest BCUT2D eigenvalue weighted by Gasteiger charge is -2.34. The number of hydrogen-bond donors (Lipinski definition) is 1. The van der Waals surface area contributed by atoms with E-state index in [0.717, 1.165) is 29.9 Å². The molecule has 2 amide bonds. The lowest BCUT2D eigenvalue weighted by molar-refractivity contribution is -0.126. The van der Waals surface area contributed by atoms with Gasteiger partial charge in [0.15, 0.2) is 0 Å². The summed E-state index contributed by atoms with van der Waals surface area (Å²) in [6.45, 7) is 4.90. The molecule has 138 valence electrons. The zero-order chi connectivity index (χ0) is 18.5. The van der Waals surface area contributed by atoms with Gasteiger partial charge in [-0.2, -0.15) is 0 Å². The van der Waals surface area contributed by atoms with Crippen molar-refractivity contribution in [2.24, 2.45) is 0 Å². The SMILES string of the molecule is Cc1noc(C)c1CCNC(=O)C1CCCCN1C(=O)c1ccccc1. The zero-order valence-corrected chi connectivity index (χ0v) is 15.3. The highest BCUT2D eigenvalue weighted by atomic mass is 16.5. The van der Waals surface area contributed by atoms with Gasteiger partial charge in [0.05, 0.1) is 5.69 Å². The number of carbonyl (C=O) groups excluding carboxylic acids is 2. The smallest absolute Gasteiger partial charge is 0.254 e. The van der Waals surface area contributed by atoms with Crippen molar-refractivity contribution in [2.45, 2.75) is 45.6 Å². The number of hydrogen-bond acceptors (Lipinski definition) is 4. The van der Waals surface area contributed by atoms with Gasteiger partial charge in [0.1, 0.15) is 11.8 Å². The van der Waals surface area contributed by atoms with Crippen LogP contribution in [0.4, 0.5) is 0 Å². The Morgan fingerprint density at radius 1 is 1.23 bits per heavy atom. The molecule has 1 saturated heterocycles. The second-order valence-electron chi connectivity index (χ2n) is 6.72. The predicted octanol–water partition coefficient (Wildman–Crippen LogP) is 2.65. The van der Waals surface area contributed by atoms with Gasteiger partial charge in [-0.05, 0) is 51.7 Å². The van der Waals surface area contributed by atoms with Gasteiger partial charge < -0.3 is 14.7 Å². The lowest BCUT2D eigenvalue weighted by Crippen LogP contribution is -2.52. The first-order chi connectivity index (χ1) is 12.6. The van der Waals surface area contributed by atoms with Gasteiger partial charge in [-0.25, -0.2) is 0 Å². The van der Waals surface area contributed by atoms with Gasteiger partial charge in [0.25, 0.3) is 5.91 Å². The highest BCUT2D eigenvalue weighted by Crippen LogP contribution is 2.20. The van der Waals surface area contributed by atoms with Crippen LogP contribution in [0.5, 0.6) is 0 Å². The summed E-state index contributed by atoms with van der Waals surface area (Å²) in [5.74, 6) is 0.632. The summed E-state index contributed by atoms with van der Waals surface area (Å²) in [6, 6.07) is 8.76. The number of amides is 2. The van der Waals surface area contributed by atoms with E-state index in [4.69, 9.17) is 4.52 Å². The number of aromatic nitrogens is 1. The third kappa shape index (κ3) is 3.95. The first-order valence-electron chi connectivity index (χ1n) is 9.13. The van der Waals surface area contributed by atoms with E-state index in [1.165, 1.54) is 0 Å². The molecule has 26 heavy (non-hydrogen) atoms. The molecular weight excluding hydrogens is 330 g/mol. The number of aryl methyl sites for hydroxylation is 2. The van der Waals surface area contributed by atoms with Crippen molar-refractivity contribution in [3.63, 3.8) is 0 Å². The first kappa shape index (κ1) is 18.2. The largest absolute Gasteiger partial charge is 0.361 e. The van der Waals surface area contributed by atoms with E-state index >= 15 is 0 Å². The Kier molecular flexibility index (Phi) is 5.71. The Morgan fingerprint density at radius 2 is 2.00 bits per heavy atom. The van der Waals surface area contributed by atoms with E-state index in [1.807, 2.05) is 32.0 Å². The summed E-state index contributed by atoms with van der Waals surface area (Å²) in [5, 5.41) is 6.91. The molecule has 1 aliphatic rings. The van der Waals surface area contributed by atoms with Crippen LogP contribution in [0.25, 0.3) is 0 Å². The van der Waals surface area contributed by atoms with Crippen LogP contribution < -0.4 is 5.32 Å². The van der Waals surface area contributed by atoms with Crippen LogP contribution >= 0.6 is 0 Å². The molecular formula is C20H25N3O3. The number of rotatable bonds is 5. The Balaban J connectivity index is 1.62. The van der Waals surface area contributed by atoms with Crippen molar-refractivity contribution in [1.82, 2.24) is 15.4 Å². The molecule has 2 aromatic rings. The number of carbonyl (C=O) groups is 2. The van der Waals surface area contributed by atoms with Crippen LogP contribution in [0.15, 0.2) is 34.9 Å². The van der Waals surface area contributed by atoms with E-state index in [1.54, 1.807) is 17.0 Å². The van der Waals surface area contributed by atoms with Gasteiger partial charge in [0, 0.05) is 24.2 Å². The molecule has 0 radical (unpaired) electrons. The van der Waals surface area contributed by atoms with Crippen molar-refractivity contribution in [3.05, 3.63) is 52.9 Å². The molecule has 1 unspecified atom stereocenters. The quantitative estimate of drug-likeness (QED) is 0.895. The second kappa shape index (κ2) is 8.17. The Morgan fingerprint density at radius 3 is 2.69 bits per heavy atom. The first-order valence-corrected chi connectivity index (χ1v) is 9.13. The third-order valence-corrected chi connectivity index (χ3v) is 4.94. The van der Waals surface area contributed by atoms with E-state index in [0.29, 0.717) is 31.5 Å². The number of piperidine rings is 1. The van der Waals surface area contributed by atoms with Crippen molar-refractivity contribution in [3.8, 4) is 0 Å². The molecule has 1 aromatic heterocycles. The van der Waals surface area contributed by atoms with E-state index in [9.17, 15) is 9.59 Å². The predicted molar refractivity (Wildman–Crippen MR) is 97.8 cm³/mol. The molecule has 6 nitrogen and oxygen atoms in total. The zero-order valence-electron chi connectivity index (χ0n) is 15.3. The van der Waals surface area contributed by atoms with E-state index in [-0.39, 0.29) is 11.8 Å². The van der Waals surface area contributed by atoms with E-state index in [2.05, 4.69) is 10.5 Å². The minimum Gasteiger partial charge on any atom is -0.361 e.